The molecule has 2 aromatic carbocycles. The van der Waals surface area contributed by atoms with Gasteiger partial charge in [0.2, 0.25) is 0 Å². The number of nitrogens with one attached hydrogen (secondary N) is 1. The van der Waals surface area contributed by atoms with Gasteiger partial charge in [0.25, 0.3) is 5.91 Å². The molecule has 146 valence electrons. The first-order valence-electron chi connectivity index (χ1n) is 9.79. The second-order valence-electron chi connectivity index (χ2n) is 7.36. The molecule has 1 N–H and O–H groups in total. The Morgan fingerprint density at radius 3 is 2.59 bits per heavy atom. The number of piperidine rings is 1. The van der Waals surface area contributed by atoms with E-state index < -0.39 is 0 Å². The van der Waals surface area contributed by atoms with Crippen molar-refractivity contribution in [2.24, 2.45) is 0 Å². The number of rotatable bonds is 3. The van der Waals surface area contributed by atoms with Crippen LogP contribution in [0.2, 0.25) is 0 Å². The lowest BCUT2D eigenvalue weighted by Gasteiger charge is -2.31. The molecule has 8 heteroatoms. The van der Waals surface area contributed by atoms with Crippen LogP contribution >= 0.6 is 0 Å². The van der Waals surface area contributed by atoms with E-state index in [1.807, 2.05) is 60.4 Å². The van der Waals surface area contributed by atoms with Gasteiger partial charge in [0, 0.05) is 19.0 Å². The molecule has 8 nitrogen and oxygen atoms in total. The summed E-state index contributed by atoms with van der Waals surface area (Å²) in [6, 6.07) is 15.5. The lowest BCUT2D eigenvalue weighted by molar-refractivity contribution is 0.0711. The number of hydrogen-bond acceptors (Lipinski definition) is 5. The fourth-order valence-corrected chi connectivity index (χ4v) is 3.99. The van der Waals surface area contributed by atoms with Crippen molar-refractivity contribution in [2.75, 3.05) is 13.1 Å². The molecule has 3 heterocycles. The van der Waals surface area contributed by atoms with Gasteiger partial charge in [-0.2, -0.15) is 4.68 Å². The number of tetrazole rings is 1. The summed E-state index contributed by atoms with van der Waals surface area (Å²) in [5.74, 6) is 2.01. The Labute approximate surface area is 167 Å². The number of aromatic amines is 1. The van der Waals surface area contributed by atoms with Crippen molar-refractivity contribution < 1.29 is 4.79 Å². The highest BCUT2D eigenvalue weighted by atomic mass is 16.2. The average molecular weight is 387 g/mol. The third-order valence-electron chi connectivity index (χ3n) is 5.56. The zero-order valence-corrected chi connectivity index (χ0v) is 16.1. The molecule has 1 aliphatic heterocycles. The quantitative estimate of drug-likeness (QED) is 0.583. The fourth-order valence-electron chi connectivity index (χ4n) is 3.99. The van der Waals surface area contributed by atoms with E-state index >= 15 is 0 Å². The number of carbonyl (C=O) groups excluding carboxylic acids is 1. The fraction of sp³-hybridized carbons (Fsp3) is 0.286. The molecule has 2 aromatic heterocycles. The smallest absolute Gasteiger partial charge is 0.256 e. The van der Waals surface area contributed by atoms with Crippen molar-refractivity contribution in [2.45, 2.75) is 25.7 Å². The maximum absolute atomic E-state index is 13.2. The Hall–Kier alpha value is -3.55. The van der Waals surface area contributed by atoms with Crippen molar-refractivity contribution in [1.82, 2.24) is 35.1 Å². The molecule has 0 unspecified atom stereocenters. The number of fused-ring (bicyclic) bond motifs is 1. The van der Waals surface area contributed by atoms with E-state index in [1.54, 1.807) is 4.68 Å². The minimum Gasteiger partial charge on any atom is -0.342 e. The van der Waals surface area contributed by atoms with Crippen molar-refractivity contribution in [3.63, 3.8) is 0 Å². The molecule has 0 radical (unpaired) electrons. The predicted octanol–water partition coefficient (Wildman–Crippen LogP) is 2.87. The Kier molecular flexibility index (Phi) is 4.31. The van der Waals surface area contributed by atoms with Crippen molar-refractivity contribution in [3.05, 3.63) is 65.7 Å². The number of carbonyl (C=O) groups is 1. The summed E-state index contributed by atoms with van der Waals surface area (Å²) >= 11 is 0. The Morgan fingerprint density at radius 1 is 1.07 bits per heavy atom. The summed E-state index contributed by atoms with van der Waals surface area (Å²) in [6.07, 6.45) is 1.77. The van der Waals surface area contributed by atoms with Crippen LogP contribution in [0.5, 0.6) is 0 Å². The van der Waals surface area contributed by atoms with Crippen LogP contribution in [0.1, 0.15) is 40.8 Å². The SMILES string of the molecule is Cc1nnnn1-c1ccccc1C(=O)N1CCC(c2nc3ccccc3[nH]2)CC1. The molecule has 1 aliphatic rings. The first-order valence-corrected chi connectivity index (χ1v) is 9.79. The number of aromatic nitrogens is 6. The minimum atomic E-state index is 0.0126. The molecule has 0 bridgehead atoms. The van der Waals surface area contributed by atoms with Gasteiger partial charge in [-0.05, 0) is 54.5 Å². The van der Waals surface area contributed by atoms with E-state index in [-0.39, 0.29) is 5.91 Å². The number of H-pyrrole nitrogens is 1. The predicted molar refractivity (Wildman–Crippen MR) is 108 cm³/mol. The zero-order valence-electron chi connectivity index (χ0n) is 16.1. The zero-order chi connectivity index (χ0) is 19.8. The number of aryl methyl sites for hydroxylation is 1. The summed E-state index contributed by atoms with van der Waals surface area (Å²) in [5.41, 5.74) is 3.38. The highest BCUT2D eigenvalue weighted by Gasteiger charge is 2.28. The maximum Gasteiger partial charge on any atom is 0.256 e. The number of nitrogens with zero attached hydrogens (tertiary/aromatic N) is 6. The first-order chi connectivity index (χ1) is 14.2. The molecule has 29 heavy (non-hydrogen) atoms. The topological polar surface area (TPSA) is 92.6 Å². The molecular formula is C21H21N7O. The van der Waals surface area contributed by atoms with Gasteiger partial charge >= 0.3 is 0 Å². The Bertz CT molecular complexity index is 1140. The summed E-state index contributed by atoms with van der Waals surface area (Å²) < 4.78 is 1.61. The van der Waals surface area contributed by atoms with Crippen LogP contribution in [0, 0.1) is 6.92 Å². The van der Waals surface area contributed by atoms with Crippen molar-refractivity contribution in [3.8, 4) is 5.69 Å². The molecule has 5 rings (SSSR count). The van der Waals surface area contributed by atoms with Crippen molar-refractivity contribution in [1.29, 1.82) is 0 Å². The summed E-state index contributed by atoms with van der Waals surface area (Å²) in [4.78, 5) is 23.3. The highest BCUT2D eigenvalue weighted by Crippen LogP contribution is 2.29. The van der Waals surface area contributed by atoms with Gasteiger partial charge in [-0.3, -0.25) is 4.79 Å². The molecule has 1 amide bonds. The number of likely N-dealkylation sites (tertiary alicyclic amines) is 1. The van der Waals surface area contributed by atoms with E-state index in [2.05, 4.69) is 20.5 Å². The van der Waals surface area contributed by atoms with Crippen LogP contribution in [-0.4, -0.2) is 54.1 Å². The van der Waals surface area contributed by atoms with Crippen LogP contribution in [0.3, 0.4) is 0 Å². The molecule has 1 saturated heterocycles. The molecule has 0 atom stereocenters. The summed E-state index contributed by atoms with van der Waals surface area (Å²) in [5, 5.41) is 11.7. The number of imidazole rings is 1. The van der Waals surface area contributed by atoms with E-state index in [9.17, 15) is 4.79 Å². The average Bonchev–Trinajstić information content (AvgIpc) is 3.39. The van der Waals surface area contributed by atoms with Gasteiger partial charge in [-0.1, -0.05) is 24.3 Å². The molecule has 0 aliphatic carbocycles. The maximum atomic E-state index is 13.2. The van der Waals surface area contributed by atoms with Crippen LogP contribution in [0.15, 0.2) is 48.5 Å². The highest BCUT2D eigenvalue weighted by molar-refractivity contribution is 5.97. The monoisotopic (exact) mass is 387 g/mol. The van der Waals surface area contributed by atoms with E-state index in [0.717, 1.165) is 29.7 Å². The molecular weight excluding hydrogens is 366 g/mol. The van der Waals surface area contributed by atoms with Gasteiger partial charge in [0.15, 0.2) is 5.82 Å². The van der Waals surface area contributed by atoms with Gasteiger partial charge in [-0.15, -0.1) is 5.10 Å². The van der Waals surface area contributed by atoms with E-state index in [1.165, 1.54) is 0 Å². The minimum absolute atomic E-state index is 0.0126. The van der Waals surface area contributed by atoms with Crippen molar-refractivity contribution >= 4 is 16.9 Å². The van der Waals surface area contributed by atoms with Crippen LogP contribution < -0.4 is 0 Å². The molecule has 0 saturated carbocycles. The molecule has 0 spiro atoms. The summed E-state index contributed by atoms with van der Waals surface area (Å²) in [6.45, 7) is 3.22. The van der Waals surface area contributed by atoms with Gasteiger partial charge < -0.3 is 9.88 Å². The Balaban J connectivity index is 1.34. The second-order valence-corrected chi connectivity index (χ2v) is 7.36. The molecule has 1 fully saturated rings. The normalized spacial score (nSPS) is 15.1. The number of hydrogen-bond donors (Lipinski definition) is 1. The van der Waals surface area contributed by atoms with E-state index in [4.69, 9.17) is 4.98 Å². The third-order valence-corrected chi connectivity index (χ3v) is 5.56. The lowest BCUT2D eigenvalue weighted by atomic mass is 9.95. The number of para-hydroxylation sites is 3. The van der Waals surface area contributed by atoms with Crippen LogP contribution in [0.4, 0.5) is 0 Å². The van der Waals surface area contributed by atoms with Gasteiger partial charge in [0.05, 0.1) is 22.3 Å². The van der Waals surface area contributed by atoms with Crippen LogP contribution in [-0.2, 0) is 0 Å². The first kappa shape index (κ1) is 17.5. The largest absolute Gasteiger partial charge is 0.342 e. The van der Waals surface area contributed by atoms with Crippen LogP contribution in [0.25, 0.3) is 16.7 Å². The summed E-state index contributed by atoms with van der Waals surface area (Å²) in [7, 11) is 0. The third kappa shape index (κ3) is 3.16. The standard InChI is InChI=1S/C21H21N7O/c1-14-24-25-26-28(14)19-9-5-2-6-16(19)21(29)27-12-10-15(11-13-27)20-22-17-7-3-4-8-18(17)23-20/h2-9,15H,10-13H2,1H3,(H,22,23). The molecule has 4 aromatic rings. The van der Waals surface area contributed by atoms with E-state index in [0.29, 0.717) is 36.1 Å². The number of amides is 1. The second kappa shape index (κ2) is 7.12. The Morgan fingerprint density at radius 2 is 1.83 bits per heavy atom. The number of benzene rings is 2. The lowest BCUT2D eigenvalue weighted by Crippen LogP contribution is -2.38. The van der Waals surface area contributed by atoms with Gasteiger partial charge in [-0.25, -0.2) is 4.98 Å². The van der Waals surface area contributed by atoms with Gasteiger partial charge in [0.1, 0.15) is 5.82 Å².